The van der Waals surface area contributed by atoms with Gasteiger partial charge in [0, 0.05) is 42.4 Å². The van der Waals surface area contributed by atoms with Crippen LogP contribution in [0.15, 0.2) is 48.8 Å². The standard InChI is InChI=1S/C39H58ClN3O/c1-29(2)39(30(3)4,31(5)6)22-15-10-8-7-9-11-16-23-43-26-21-34-36(35(40)27-41-38(34)43)37(44)33-19-24-42(25-20-33)28-32-17-13-12-14-18-32/h12-14,17-18,21,26-27,29-31,33H,7-11,15-16,19-20,22-25,28H2,1-6H3. The van der Waals surface area contributed by atoms with E-state index in [9.17, 15) is 4.79 Å². The largest absolute Gasteiger partial charge is 0.332 e. The lowest BCUT2D eigenvalue weighted by Gasteiger charge is -2.45. The van der Waals surface area contributed by atoms with Gasteiger partial charge in [-0.25, -0.2) is 4.98 Å². The topological polar surface area (TPSA) is 38.1 Å². The fraction of sp³-hybridized carbons (Fsp3) is 0.641. The summed E-state index contributed by atoms with van der Waals surface area (Å²) in [7, 11) is 0. The molecule has 1 fully saturated rings. The van der Waals surface area contributed by atoms with E-state index in [1.807, 2.05) is 0 Å². The molecule has 242 valence electrons. The van der Waals surface area contributed by atoms with Crippen molar-refractivity contribution >= 4 is 28.4 Å². The van der Waals surface area contributed by atoms with Crippen LogP contribution in [0.5, 0.6) is 0 Å². The number of rotatable bonds is 17. The zero-order chi connectivity index (χ0) is 31.7. The Bertz CT molecular complexity index is 1280. The number of Topliss-reactive ketones (excluding diaryl/α,β-unsaturated/α-hetero) is 1. The molecule has 2 aromatic heterocycles. The van der Waals surface area contributed by atoms with Crippen LogP contribution >= 0.6 is 11.6 Å². The minimum atomic E-state index is 0.0195. The van der Waals surface area contributed by atoms with Gasteiger partial charge in [-0.15, -0.1) is 0 Å². The highest BCUT2D eigenvalue weighted by atomic mass is 35.5. The first-order valence-electron chi connectivity index (χ1n) is 17.6. The predicted octanol–water partition coefficient (Wildman–Crippen LogP) is 10.9. The minimum Gasteiger partial charge on any atom is -0.332 e. The van der Waals surface area contributed by atoms with E-state index in [1.165, 1.54) is 50.5 Å². The number of aromatic nitrogens is 2. The molecule has 0 radical (unpaired) electrons. The van der Waals surface area contributed by atoms with E-state index in [0.29, 0.717) is 16.0 Å². The zero-order valence-corrected chi connectivity index (χ0v) is 29.2. The van der Waals surface area contributed by atoms with Crippen LogP contribution in [0.4, 0.5) is 0 Å². The molecule has 0 bridgehead atoms. The summed E-state index contributed by atoms with van der Waals surface area (Å²) in [4.78, 5) is 20.8. The monoisotopic (exact) mass is 619 g/mol. The summed E-state index contributed by atoms with van der Waals surface area (Å²) in [6.07, 6.45) is 15.9. The molecule has 0 amide bonds. The number of likely N-dealkylation sites (tertiary alicyclic amines) is 1. The van der Waals surface area contributed by atoms with Gasteiger partial charge in [-0.05, 0) is 73.6 Å². The van der Waals surface area contributed by atoms with Crippen molar-refractivity contribution in [2.45, 2.75) is 119 Å². The number of halogens is 1. The van der Waals surface area contributed by atoms with Crippen LogP contribution in [0.3, 0.4) is 0 Å². The smallest absolute Gasteiger partial charge is 0.168 e. The minimum absolute atomic E-state index is 0.0195. The third-order valence-corrected chi connectivity index (χ3v) is 11.2. The van der Waals surface area contributed by atoms with E-state index in [0.717, 1.165) is 74.2 Å². The molecule has 5 heteroatoms. The Balaban J connectivity index is 1.21. The van der Waals surface area contributed by atoms with Gasteiger partial charge >= 0.3 is 0 Å². The van der Waals surface area contributed by atoms with Gasteiger partial charge in [-0.3, -0.25) is 9.69 Å². The number of hydrogen-bond donors (Lipinski definition) is 0. The van der Waals surface area contributed by atoms with Crippen molar-refractivity contribution in [3.05, 3.63) is 64.9 Å². The molecular weight excluding hydrogens is 562 g/mol. The van der Waals surface area contributed by atoms with Crippen molar-refractivity contribution in [3.63, 3.8) is 0 Å². The molecule has 0 aliphatic carbocycles. The molecule has 1 saturated heterocycles. The van der Waals surface area contributed by atoms with Gasteiger partial charge in [0.1, 0.15) is 5.65 Å². The van der Waals surface area contributed by atoms with Crippen molar-refractivity contribution in [1.82, 2.24) is 14.5 Å². The van der Waals surface area contributed by atoms with Crippen molar-refractivity contribution < 1.29 is 4.79 Å². The number of carbonyl (C=O) groups is 1. The summed E-state index contributed by atoms with van der Waals surface area (Å²) >= 11 is 6.63. The molecule has 0 N–H and O–H groups in total. The number of fused-ring (bicyclic) bond motifs is 1. The normalized spacial score (nSPS) is 15.3. The van der Waals surface area contributed by atoms with Gasteiger partial charge in [0.25, 0.3) is 0 Å². The zero-order valence-electron chi connectivity index (χ0n) is 28.5. The summed E-state index contributed by atoms with van der Waals surface area (Å²) < 4.78 is 2.22. The molecule has 3 heterocycles. The van der Waals surface area contributed by atoms with Gasteiger partial charge in [0.05, 0.1) is 5.02 Å². The third-order valence-electron chi connectivity index (χ3n) is 10.9. The molecule has 1 aliphatic rings. The number of carbonyl (C=O) groups excluding carboxylic acids is 1. The Morgan fingerprint density at radius 3 is 2.07 bits per heavy atom. The second kappa shape index (κ2) is 16.4. The van der Waals surface area contributed by atoms with Gasteiger partial charge in [-0.1, -0.05) is 122 Å². The Morgan fingerprint density at radius 2 is 1.45 bits per heavy atom. The molecule has 1 aliphatic heterocycles. The Labute approximate surface area is 273 Å². The third kappa shape index (κ3) is 8.35. The highest BCUT2D eigenvalue weighted by Crippen LogP contribution is 2.47. The highest BCUT2D eigenvalue weighted by molar-refractivity contribution is 6.35. The van der Waals surface area contributed by atoms with Crippen molar-refractivity contribution in [3.8, 4) is 0 Å². The number of hydrogen-bond acceptors (Lipinski definition) is 3. The molecule has 4 rings (SSSR count). The molecule has 1 aromatic carbocycles. The predicted molar refractivity (Wildman–Crippen MR) is 187 cm³/mol. The number of piperidine rings is 1. The summed E-state index contributed by atoms with van der Waals surface area (Å²) in [5.41, 5.74) is 3.35. The van der Waals surface area contributed by atoms with Crippen LogP contribution in [0.25, 0.3) is 11.0 Å². The van der Waals surface area contributed by atoms with Crippen molar-refractivity contribution in [1.29, 1.82) is 0 Å². The summed E-state index contributed by atoms with van der Waals surface area (Å²) in [5.74, 6) is 2.40. The summed E-state index contributed by atoms with van der Waals surface area (Å²) in [6.45, 7) is 18.3. The number of aryl methyl sites for hydroxylation is 1. The van der Waals surface area contributed by atoms with E-state index >= 15 is 0 Å². The quantitative estimate of drug-likeness (QED) is 0.111. The number of benzene rings is 1. The van der Waals surface area contributed by atoms with Crippen LogP contribution in [0.1, 0.15) is 122 Å². The van der Waals surface area contributed by atoms with Crippen LogP contribution in [0, 0.1) is 29.1 Å². The van der Waals surface area contributed by atoms with Crippen molar-refractivity contribution in [2.75, 3.05) is 13.1 Å². The maximum atomic E-state index is 13.7. The van der Waals surface area contributed by atoms with E-state index < -0.39 is 0 Å². The molecule has 0 saturated carbocycles. The maximum Gasteiger partial charge on any atom is 0.168 e. The van der Waals surface area contributed by atoms with E-state index in [2.05, 4.69) is 98.6 Å². The average molecular weight is 620 g/mol. The second-order valence-corrected chi connectivity index (χ2v) is 14.8. The molecule has 44 heavy (non-hydrogen) atoms. The SMILES string of the molecule is CC(C)C(CCCCCCCCCn1ccc2c(C(=O)C3CCN(Cc4ccccc4)CC3)c(Cl)cnc21)(C(C)C)C(C)C. The fourth-order valence-corrected chi connectivity index (χ4v) is 8.65. The van der Waals surface area contributed by atoms with Crippen LogP contribution in [-0.2, 0) is 13.1 Å². The lowest BCUT2D eigenvalue weighted by Crippen LogP contribution is -2.38. The number of unbranched alkanes of at least 4 members (excludes halogenated alkanes) is 6. The van der Waals surface area contributed by atoms with Gasteiger partial charge in [0.2, 0.25) is 0 Å². The first-order valence-corrected chi connectivity index (χ1v) is 18.0. The van der Waals surface area contributed by atoms with Crippen molar-refractivity contribution in [2.24, 2.45) is 29.1 Å². The van der Waals surface area contributed by atoms with Crippen LogP contribution in [0.2, 0.25) is 5.02 Å². The lowest BCUT2D eigenvalue weighted by atomic mass is 9.60. The number of pyridine rings is 1. The Kier molecular flexibility index (Phi) is 12.9. The molecule has 0 unspecified atom stereocenters. The summed E-state index contributed by atoms with van der Waals surface area (Å²) in [5, 5.41) is 1.40. The molecule has 0 spiro atoms. The van der Waals surface area contributed by atoms with Gasteiger partial charge in [-0.2, -0.15) is 0 Å². The van der Waals surface area contributed by atoms with E-state index in [1.54, 1.807) is 6.20 Å². The molecule has 4 nitrogen and oxygen atoms in total. The first kappa shape index (κ1) is 34.7. The highest BCUT2D eigenvalue weighted by Gasteiger charge is 2.39. The van der Waals surface area contributed by atoms with Gasteiger partial charge < -0.3 is 4.57 Å². The van der Waals surface area contributed by atoms with E-state index in [4.69, 9.17) is 11.6 Å². The lowest BCUT2D eigenvalue weighted by molar-refractivity contribution is 0.0356. The number of nitrogens with zero attached hydrogens (tertiary/aromatic N) is 3. The summed E-state index contributed by atoms with van der Waals surface area (Å²) in [6, 6.07) is 12.6. The molecule has 0 atom stereocenters. The first-order chi connectivity index (χ1) is 21.1. The maximum absolute atomic E-state index is 13.7. The second-order valence-electron chi connectivity index (χ2n) is 14.4. The van der Waals surface area contributed by atoms with E-state index in [-0.39, 0.29) is 11.7 Å². The molecular formula is C39H58ClN3O. The number of ketones is 1. The fourth-order valence-electron chi connectivity index (χ4n) is 8.41. The Morgan fingerprint density at radius 1 is 0.864 bits per heavy atom. The average Bonchev–Trinajstić information content (AvgIpc) is 3.40. The molecule has 3 aromatic rings. The van der Waals surface area contributed by atoms with Gasteiger partial charge in [0.15, 0.2) is 5.78 Å². The van der Waals surface area contributed by atoms with Crippen LogP contribution in [-0.4, -0.2) is 33.3 Å². The Hall–Kier alpha value is -2.17. The van der Waals surface area contributed by atoms with Crippen LogP contribution < -0.4 is 0 Å².